The summed E-state index contributed by atoms with van der Waals surface area (Å²) in [6, 6.07) is 4.14. The molecule has 3 fully saturated rings. The number of ether oxygens (including phenoxy) is 3. The summed E-state index contributed by atoms with van der Waals surface area (Å²) in [6.45, 7) is 41.2. The summed E-state index contributed by atoms with van der Waals surface area (Å²) in [7, 11) is -1.71. The number of hydrogen-bond donors (Lipinski definition) is 2. The van der Waals surface area contributed by atoms with E-state index in [2.05, 4.69) is 112 Å². The smallest absolute Gasteiger partial charge is 0.127 e. The molecular weight excluding hydrogens is 792 g/mol. The van der Waals surface area contributed by atoms with Gasteiger partial charge in [0.1, 0.15) is 11.5 Å². The molecule has 3 heterocycles. The van der Waals surface area contributed by atoms with Crippen molar-refractivity contribution in [3.05, 3.63) is 51.2 Å². The van der Waals surface area contributed by atoms with Crippen LogP contribution in [0.4, 0.5) is 0 Å². The predicted molar refractivity (Wildman–Crippen MR) is 223 cm³/mol. The zero-order valence-electron chi connectivity index (χ0n) is 35.9. The van der Waals surface area contributed by atoms with E-state index in [4.69, 9.17) is 14.2 Å². The van der Waals surface area contributed by atoms with Crippen LogP contribution in [0.2, 0.25) is 39.3 Å². The molecule has 5 nitrogen and oxygen atoms in total. The standard InChI is InChI=1S/C24H34O2.C7H19Si2.3C4H8O.La/c1-13-11-17(23(5,6)7)21(25)19(15(13)3)20-16(4)14(2)12-18(22(20)26)24(8,9)10;1-8(2,3)7-9(4,5)6;3*1-2-4-5-3-1;/h11-12,25-26H,1-10H3;7H,1-6H3;3*1-4H2;/q;-1;;;;. The molecule has 2 aromatic carbocycles. The molecule has 3 aliphatic heterocycles. The molecule has 0 amide bonds. The first-order chi connectivity index (χ1) is 22.9. The van der Waals surface area contributed by atoms with Crippen molar-refractivity contribution in [2.45, 2.75) is 158 Å². The van der Waals surface area contributed by atoms with Crippen molar-refractivity contribution >= 4 is 16.1 Å². The van der Waals surface area contributed by atoms with Gasteiger partial charge in [0.15, 0.2) is 0 Å². The second-order valence-electron chi connectivity index (χ2n) is 18.5. The summed E-state index contributed by atoms with van der Waals surface area (Å²) in [6.07, 6.45) is 7.67. The maximum absolute atomic E-state index is 11.2. The first-order valence-electron chi connectivity index (χ1n) is 19.2. The normalized spacial score (nSPS) is 15.9. The minimum absolute atomic E-state index is 0. The number of hydrogen-bond acceptors (Lipinski definition) is 5. The molecule has 291 valence electrons. The Hall–Kier alpha value is -0.451. The van der Waals surface area contributed by atoms with Crippen molar-refractivity contribution < 1.29 is 60.0 Å². The summed E-state index contributed by atoms with van der Waals surface area (Å²) in [5.74, 6) is 0.564. The van der Waals surface area contributed by atoms with Gasteiger partial charge < -0.3 is 30.1 Å². The Morgan fingerprint density at radius 2 is 0.745 bits per heavy atom. The van der Waals surface area contributed by atoms with Gasteiger partial charge in [-0.3, -0.25) is 0 Å². The van der Waals surface area contributed by atoms with Gasteiger partial charge in [-0.25, -0.2) is 0 Å². The number of phenolic OH excluding ortho intramolecular Hbond substituents is 2. The Labute approximate surface area is 345 Å². The predicted octanol–water partition coefficient (Wildman–Crippen LogP) is 11.9. The van der Waals surface area contributed by atoms with Crippen molar-refractivity contribution in [3.63, 3.8) is 0 Å². The van der Waals surface area contributed by atoms with Crippen LogP contribution in [0.15, 0.2) is 12.1 Å². The maximum Gasteiger partial charge on any atom is 0.127 e. The van der Waals surface area contributed by atoms with Crippen LogP contribution < -0.4 is 0 Å². The fourth-order valence-corrected chi connectivity index (χ4v) is 16.8. The van der Waals surface area contributed by atoms with Crippen LogP contribution in [0.1, 0.15) is 113 Å². The molecule has 2 N–H and O–H groups in total. The Kier molecular flexibility index (Phi) is 22.6. The van der Waals surface area contributed by atoms with Gasteiger partial charge in [-0.2, -0.15) is 0 Å². The molecule has 1 radical (unpaired) electrons. The van der Waals surface area contributed by atoms with Gasteiger partial charge in [-0.15, -0.1) is 16.1 Å². The second kappa shape index (κ2) is 22.8. The van der Waals surface area contributed by atoms with E-state index >= 15 is 0 Å². The van der Waals surface area contributed by atoms with Crippen molar-refractivity contribution in [1.82, 2.24) is 0 Å². The number of benzene rings is 2. The van der Waals surface area contributed by atoms with Crippen molar-refractivity contribution in [3.8, 4) is 22.6 Å². The van der Waals surface area contributed by atoms with E-state index in [0.717, 1.165) is 84.1 Å². The van der Waals surface area contributed by atoms with Gasteiger partial charge in [-0.05, 0) is 99.3 Å². The van der Waals surface area contributed by atoms with Crippen LogP contribution in [0.25, 0.3) is 11.1 Å². The van der Waals surface area contributed by atoms with Crippen molar-refractivity contribution in [2.24, 2.45) is 0 Å². The van der Waals surface area contributed by atoms with E-state index in [1.807, 2.05) is 13.8 Å². The Morgan fingerprint density at radius 1 is 0.510 bits per heavy atom. The SMILES string of the molecule is C1CCOC1.C1CCOC1.C1CCOC1.C[Si](C)(C)[CH-][Si](C)(C)C.Cc1cc(C(C)(C)C)c(O)c(-c2c(C)c(C)cc(C(C)(C)C)c2O)c1C.[La]. The van der Waals surface area contributed by atoms with E-state index in [-0.39, 0.29) is 57.9 Å². The Balaban J connectivity index is 0.000000798. The van der Waals surface area contributed by atoms with Crippen LogP contribution in [0, 0.1) is 69.0 Å². The maximum atomic E-state index is 11.2. The van der Waals surface area contributed by atoms with Gasteiger partial charge in [0.2, 0.25) is 0 Å². The van der Waals surface area contributed by atoms with Crippen LogP contribution in [0.5, 0.6) is 11.5 Å². The van der Waals surface area contributed by atoms with Crippen LogP contribution in [-0.4, -0.2) is 66.0 Å². The molecule has 0 atom stereocenters. The second-order valence-corrected chi connectivity index (χ2v) is 29.1. The molecule has 0 saturated carbocycles. The minimum atomic E-state index is -0.856. The molecule has 0 unspecified atom stereocenters. The van der Waals surface area contributed by atoms with Crippen LogP contribution in [0.3, 0.4) is 0 Å². The van der Waals surface area contributed by atoms with Crippen LogP contribution >= 0.6 is 0 Å². The van der Waals surface area contributed by atoms with Crippen molar-refractivity contribution in [1.29, 1.82) is 0 Å². The summed E-state index contributed by atoms with van der Waals surface area (Å²) in [5.41, 5.74) is 9.91. The van der Waals surface area contributed by atoms with Gasteiger partial charge >= 0.3 is 0 Å². The fourth-order valence-electron chi connectivity index (χ4n) is 6.39. The van der Waals surface area contributed by atoms with E-state index in [1.165, 1.54) is 38.5 Å². The van der Waals surface area contributed by atoms with Gasteiger partial charge in [0, 0.05) is 97.5 Å². The van der Waals surface area contributed by atoms with E-state index in [1.54, 1.807) is 0 Å². The monoisotopic (exact) mass is 868 g/mol. The first-order valence-corrected chi connectivity index (χ1v) is 26.3. The first kappa shape index (κ1) is 50.5. The molecule has 5 rings (SSSR count). The largest absolute Gasteiger partial charge is 0.507 e. The number of aryl methyl sites for hydroxylation is 2. The van der Waals surface area contributed by atoms with Crippen molar-refractivity contribution in [2.75, 3.05) is 39.6 Å². The molecule has 3 saturated heterocycles. The van der Waals surface area contributed by atoms with E-state index in [0.29, 0.717) is 0 Å². The third-order valence-electron chi connectivity index (χ3n) is 8.85. The molecule has 0 aromatic heterocycles. The molecule has 3 aliphatic rings. The number of rotatable bonds is 3. The Morgan fingerprint density at radius 3 is 0.882 bits per heavy atom. The van der Waals surface area contributed by atoms with Gasteiger partial charge in [-0.1, -0.05) is 93.0 Å². The minimum Gasteiger partial charge on any atom is -0.507 e. The summed E-state index contributed by atoms with van der Waals surface area (Å²) < 4.78 is 14.8. The number of aromatic hydroxyl groups is 2. The van der Waals surface area contributed by atoms with Gasteiger partial charge in [0.05, 0.1) is 0 Å². The molecule has 0 bridgehead atoms. The zero-order chi connectivity index (χ0) is 38.5. The third kappa shape index (κ3) is 19.1. The Bertz CT molecular complexity index is 1170. The molecule has 51 heavy (non-hydrogen) atoms. The summed E-state index contributed by atoms with van der Waals surface area (Å²) >= 11 is 0. The third-order valence-corrected chi connectivity index (χ3v) is 15.8. The topological polar surface area (TPSA) is 68.2 Å². The molecule has 0 aliphatic carbocycles. The molecular formula is C43H77LaO5Si2-. The van der Waals surface area contributed by atoms with E-state index in [9.17, 15) is 10.2 Å². The van der Waals surface area contributed by atoms with Crippen LogP contribution in [-0.2, 0) is 25.0 Å². The molecule has 0 spiro atoms. The van der Waals surface area contributed by atoms with Gasteiger partial charge in [0.25, 0.3) is 0 Å². The summed E-state index contributed by atoms with van der Waals surface area (Å²) in [4.78, 5) is 0. The quantitative estimate of drug-likeness (QED) is 0.238. The number of phenols is 2. The fraction of sp³-hybridized carbons (Fsp3) is 0.698. The molecule has 2 aromatic rings. The summed E-state index contributed by atoms with van der Waals surface area (Å²) in [5, 5.41) is 22.4. The average molecular weight is 869 g/mol. The van der Waals surface area contributed by atoms with E-state index < -0.39 is 16.1 Å². The molecule has 8 heteroatoms. The zero-order valence-corrected chi connectivity index (χ0v) is 41.5. The average Bonchev–Trinajstić information content (AvgIpc) is 3.78.